The van der Waals surface area contributed by atoms with Crippen molar-refractivity contribution in [2.24, 2.45) is 41.1 Å². The number of nitrogens with one attached hydrogen (secondary N) is 10. The third-order valence-electron chi connectivity index (χ3n) is 21.9. The smallest absolute Gasteiger partial charge is 0.369 e. The molecule has 1 aliphatic carbocycles. The molecule has 1 heterocycles. The highest BCUT2D eigenvalue weighted by atomic mass is 32.2. The predicted octanol–water partition coefficient (Wildman–Crippen LogP) is 2.42. The number of Topliss-reactive ketones (excluding diaryl/α,β-unsaturated/α-hetero) is 4. The molecular weight excluding hydrogens is 1780 g/mol. The fourth-order valence-corrected chi connectivity index (χ4v) is 17.5. The van der Waals surface area contributed by atoms with E-state index in [1.54, 1.807) is 57.2 Å². The van der Waals surface area contributed by atoms with E-state index in [1.807, 2.05) is 19.1 Å². The number of aliphatic hydroxyl groups is 2. The number of anilines is 2. The number of carboxylic acids is 1. The maximum atomic E-state index is 13.9. The molecule has 0 aromatic heterocycles. The molecule has 131 heavy (non-hydrogen) atoms. The number of likely N-dealkylation sites (tertiary alicyclic amines) is 1. The van der Waals surface area contributed by atoms with Crippen molar-refractivity contribution in [3.8, 4) is 0 Å². The van der Waals surface area contributed by atoms with E-state index in [0.29, 0.717) is 68.3 Å². The minimum Gasteiger partial charge on any atom is -0.481 e. The molecular formula is C85H133N13O30P2S. The lowest BCUT2D eigenvalue weighted by Crippen LogP contribution is -2.56. The number of para-hydroxylation sites is 1. The summed E-state index contributed by atoms with van der Waals surface area (Å²) in [6, 6.07) is 6.64. The summed E-state index contributed by atoms with van der Waals surface area (Å²) in [5, 5.41) is 51.8. The Kier molecular flexibility index (Phi) is 52.6. The first-order valence-corrected chi connectivity index (χ1v) is 48.4. The number of carbonyl (C=O) groups is 17. The number of nitrogens with two attached hydrogens (primary N) is 2. The van der Waals surface area contributed by atoms with Crippen molar-refractivity contribution in [1.29, 1.82) is 0 Å². The number of hydrogen-bond acceptors (Lipinski definition) is 26. The molecule has 2 aromatic rings. The van der Waals surface area contributed by atoms with Gasteiger partial charge in [-0.1, -0.05) is 51.1 Å². The second-order valence-corrected chi connectivity index (χ2v) is 38.0. The van der Waals surface area contributed by atoms with Crippen molar-refractivity contribution in [3.63, 3.8) is 0 Å². The largest absolute Gasteiger partial charge is 0.481 e. The first-order valence-electron chi connectivity index (χ1n) is 44.1. The number of amides is 14. The average Bonchev–Trinajstić information content (AvgIpc) is 1.39. The molecule has 1 aliphatic heterocycles. The van der Waals surface area contributed by atoms with Crippen LogP contribution in [0.25, 0.3) is 0 Å². The van der Waals surface area contributed by atoms with Crippen LogP contribution in [0.4, 0.5) is 21.0 Å². The standard InChI is InChI=1S/C85H133N13O30P2S/c1-54(2)63(49-70(103)68(52-99)96-81(114)67(31-34-76(108)109)95-80(113)66(19-11-37-91-83(87)116)94-74(106)48-57-23-27-60(28-24-57)92-84(117)97-64-17-6-5-14-55(64)3)79(112)90-39-43-128-47-45-126-40-12-15-61(100)29-32-72(104)88-38-42-127-46-44-125-41-13-16-62(101)30-33-73(105)93-65(77(86)110)18-8-10-36-89-78(111)56(4)53-131-71-50-75(107)98(82(71)115)51-58-21-25-59(26-22-58)69(102)20-7-9-35-85(118,129(119,120)121)130(122,123)124/h5-6,14,17,23-24,27-28,54,56,58-59,63,65-68,71,99,118H,7-13,15-16,18-22,25-26,29-53H2,1-4H3,(H2,86,110)(H,88,104)(H,89,111)(H,90,112)(H,93,105)(H,94,106)(H,95,113)(H,96,114)(H,108,109)(H3,87,91,116)(H2,92,97,117)(H2,119,120,121)(H2,122,123,124)/t56-,58?,59?,63+,65+,66+,67+,68+,71?/m1/s1. The number of aliphatic hydroxyl groups excluding tert-OH is 1. The van der Waals surface area contributed by atoms with Crippen molar-refractivity contribution in [2.75, 3.05) is 109 Å². The molecule has 1 saturated carbocycles. The number of carbonyl (C=O) groups excluding carboxylic acids is 16. The molecule has 21 N–H and O–H groups in total. The van der Waals surface area contributed by atoms with E-state index < -0.39 is 159 Å². The molecule has 4 rings (SSSR count). The average molecular weight is 1910 g/mol. The lowest BCUT2D eigenvalue weighted by Gasteiger charge is -2.30. The van der Waals surface area contributed by atoms with Crippen LogP contribution in [0.5, 0.6) is 0 Å². The summed E-state index contributed by atoms with van der Waals surface area (Å²) in [4.78, 5) is 257. The van der Waals surface area contributed by atoms with Gasteiger partial charge in [0.1, 0.15) is 41.5 Å². The number of rotatable bonds is 69. The highest BCUT2D eigenvalue weighted by molar-refractivity contribution is 8.00. The fraction of sp³-hybridized carbons (Fsp3) is 0.659. The summed E-state index contributed by atoms with van der Waals surface area (Å²) in [6.07, 6.45) is 1.07. The molecule has 0 bridgehead atoms. The van der Waals surface area contributed by atoms with Crippen LogP contribution in [-0.2, 0) is 106 Å². The second kappa shape index (κ2) is 60.6. The van der Waals surface area contributed by atoms with Crippen LogP contribution in [0.2, 0.25) is 0 Å². The first-order chi connectivity index (χ1) is 62.0. The molecule has 2 aromatic carbocycles. The Balaban J connectivity index is 0.983. The summed E-state index contributed by atoms with van der Waals surface area (Å²) in [7, 11) is -11.2. The Bertz CT molecular complexity index is 4180. The highest BCUT2D eigenvalue weighted by Gasteiger charge is 2.58. The zero-order valence-corrected chi connectivity index (χ0v) is 77.4. The van der Waals surface area contributed by atoms with Crippen LogP contribution >= 0.6 is 27.0 Å². The van der Waals surface area contributed by atoms with Gasteiger partial charge in [0, 0.05) is 145 Å². The number of nitrogens with zero attached hydrogens (tertiary/aromatic N) is 1. The van der Waals surface area contributed by atoms with E-state index in [4.69, 9.17) is 30.4 Å². The number of urea groups is 2. The number of ether oxygens (including phenoxy) is 4. The van der Waals surface area contributed by atoms with Gasteiger partial charge in [-0.15, -0.1) is 11.8 Å². The van der Waals surface area contributed by atoms with E-state index in [0.717, 1.165) is 5.56 Å². The zero-order valence-electron chi connectivity index (χ0n) is 74.8. The van der Waals surface area contributed by atoms with Crippen molar-refractivity contribution in [3.05, 3.63) is 59.7 Å². The van der Waals surface area contributed by atoms with Crippen molar-refractivity contribution < 1.29 is 144 Å². The minimum absolute atomic E-state index is 0.00107. The summed E-state index contributed by atoms with van der Waals surface area (Å²) in [5.74, 6) is -10.2. The number of thioether (sulfide) groups is 1. The maximum Gasteiger partial charge on any atom is 0.369 e. The fourth-order valence-electron chi connectivity index (χ4n) is 14.1. The normalized spacial score (nSPS) is 16.0. The van der Waals surface area contributed by atoms with Gasteiger partial charge in [0.25, 0.3) is 5.08 Å². The molecule has 0 radical (unpaired) electrons. The SMILES string of the molecule is Cc1ccccc1NC(=O)Nc1ccc(CC(=O)N[C@@H](CCCNC(N)=O)C(=O)N[C@@H](CCC(=O)O)C(=O)N[C@@H](CO)C(=O)C[C@H](C(=O)NCCOCCOCCCC(=O)CCC(=O)NCCOCCOCCCC(=O)CCC(=O)N[C@@H](CCCCNC(=O)[C@H](C)CSC2CC(=O)N(CC3CCC(C(=O)CCCCC(O)(P(=O)(O)O)P(=O)(O)O)CC3)C2=O)C(N)=O)C(C)C)cc1. The summed E-state index contributed by atoms with van der Waals surface area (Å²) in [5.41, 5.74) is 13.1. The maximum absolute atomic E-state index is 13.9. The van der Waals surface area contributed by atoms with E-state index >= 15 is 0 Å². The van der Waals surface area contributed by atoms with Gasteiger partial charge in [-0.05, 0) is 144 Å². The molecule has 14 amide bonds. The van der Waals surface area contributed by atoms with Gasteiger partial charge in [0.05, 0.1) is 57.9 Å². The van der Waals surface area contributed by atoms with Crippen LogP contribution in [0, 0.1) is 36.5 Å². The number of ketones is 4. The van der Waals surface area contributed by atoms with E-state index in [9.17, 15) is 126 Å². The lowest BCUT2D eigenvalue weighted by atomic mass is 9.79. The Morgan fingerprint density at radius 3 is 1.67 bits per heavy atom. The van der Waals surface area contributed by atoms with Gasteiger partial charge < -0.3 is 118 Å². The number of unbranched alkanes of at least 4 members (excludes halogenated alkanes) is 2. The van der Waals surface area contributed by atoms with Crippen LogP contribution < -0.4 is 64.6 Å². The number of imide groups is 1. The van der Waals surface area contributed by atoms with Gasteiger partial charge >= 0.3 is 33.2 Å². The third kappa shape index (κ3) is 44.7. The monoisotopic (exact) mass is 1910 g/mol. The van der Waals surface area contributed by atoms with Crippen molar-refractivity contribution in [2.45, 2.75) is 229 Å². The van der Waals surface area contributed by atoms with Gasteiger partial charge in [0.15, 0.2) is 5.78 Å². The van der Waals surface area contributed by atoms with Crippen LogP contribution in [-0.4, -0.2) is 272 Å². The molecule has 43 nitrogen and oxygen atoms in total. The van der Waals surface area contributed by atoms with Gasteiger partial charge in [-0.25, -0.2) is 9.59 Å². The Hall–Kier alpha value is -9.56. The molecule has 1 unspecified atom stereocenters. The number of carboxylic acid groups (broad SMARTS) is 1. The topological polar surface area (TPSA) is 678 Å². The number of primary amides is 2. The predicted molar refractivity (Wildman–Crippen MR) is 477 cm³/mol. The van der Waals surface area contributed by atoms with Crippen molar-refractivity contribution >= 4 is 139 Å². The summed E-state index contributed by atoms with van der Waals surface area (Å²) in [6.45, 7) is 8.11. The second-order valence-electron chi connectivity index (χ2n) is 32.8. The van der Waals surface area contributed by atoms with Gasteiger partial charge in [-0.2, -0.15) is 0 Å². The van der Waals surface area contributed by atoms with Gasteiger partial charge in [-0.3, -0.25) is 85.9 Å². The number of aryl methyl sites for hydroxylation is 1. The van der Waals surface area contributed by atoms with Crippen LogP contribution in [0.15, 0.2) is 48.5 Å². The summed E-state index contributed by atoms with van der Waals surface area (Å²) < 4.78 is 45.4. The molecule has 1 saturated heterocycles. The van der Waals surface area contributed by atoms with Crippen LogP contribution in [0.1, 0.15) is 192 Å². The molecule has 2 fully saturated rings. The quantitative estimate of drug-likeness (QED) is 0.0257. The summed E-state index contributed by atoms with van der Waals surface area (Å²) >= 11 is 1.21. The Labute approximate surface area is 765 Å². The van der Waals surface area contributed by atoms with E-state index in [2.05, 4.69) is 53.2 Å². The highest BCUT2D eigenvalue weighted by Crippen LogP contribution is 2.69. The number of hydrogen-bond donors (Lipinski definition) is 19. The van der Waals surface area contributed by atoms with Gasteiger partial charge in [0.2, 0.25) is 59.1 Å². The lowest BCUT2D eigenvalue weighted by molar-refractivity contribution is -0.140. The molecule has 7 atom stereocenters. The molecule has 734 valence electrons. The molecule has 0 spiro atoms. The zero-order chi connectivity index (χ0) is 97.2. The first kappa shape index (κ1) is 114. The molecule has 2 aliphatic rings. The van der Waals surface area contributed by atoms with E-state index in [1.165, 1.54) is 16.7 Å². The Morgan fingerprint density at radius 1 is 0.550 bits per heavy atom. The van der Waals surface area contributed by atoms with E-state index in [-0.39, 0.29) is 234 Å². The third-order valence-corrected chi connectivity index (χ3v) is 27.2. The number of benzene rings is 2. The van der Waals surface area contributed by atoms with Crippen LogP contribution in [0.3, 0.4) is 0 Å². The van der Waals surface area contributed by atoms with Crippen molar-refractivity contribution in [1.82, 2.24) is 47.4 Å². The molecule has 46 heteroatoms. The number of aliphatic carboxylic acids is 1. The Morgan fingerprint density at radius 2 is 1.10 bits per heavy atom. The minimum atomic E-state index is -5.59.